The highest BCUT2D eigenvalue weighted by Gasteiger charge is 2.28. The van der Waals surface area contributed by atoms with Crippen LogP contribution in [-0.4, -0.2) is 21.5 Å². The van der Waals surface area contributed by atoms with Crippen molar-refractivity contribution in [2.45, 2.75) is 45.7 Å². The lowest BCUT2D eigenvalue weighted by Gasteiger charge is -2.34. The minimum atomic E-state index is -0.171. The third kappa shape index (κ3) is 3.28. The molecule has 1 saturated carbocycles. The van der Waals surface area contributed by atoms with E-state index in [0.717, 1.165) is 12.8 Å². The summed E-state index contributed by atoms with van der Waals surface area (Å²) in [5.74, 6) is 0.980. The van der Waals surface area contributed by atoms with Crippen molar-refractivity contribution in [1.82, 2.24) is 14.9 Å². The second-order valence-corrected chi connectivity index (χ2v) is 6.64. The molecule has 5 heteroatoms. The highest BCUT2D eigenvalue weighted by Crippen LogP contribution is 2.29. The van der Waals surface area contributed by atoms with Gasteiger partial charge in [-0.1, -0.05) is 38.8 Å². The zero-order valence-corrected chi connectivity index (χ0v) is 13.7. The number of para-hydroxylation sites is 1. The average Bonchev–Trinajstić information content (AvgIpc) is 2.55. The van der Waals surface area contributed by atoms with Crippen LogP contribution in [0.1, 0.15) is 33.1 Å². The molecule has 3 atom stereocenters. The van der Waals surface area contributed by atoms with Gasteiger partial charge in [0.25, 0.3) is 5.56 Å². The molecule has 0 bridgehead atoms. The average molecular weight is 313 g/mol. The second kappa shape index (κ2) is 6.52. The number of nitrogens with one attached hydrogen (secondary N) is 1. The van der Waals surface area contributed by atoms with Gasteiger partial charge in [-0.2, -0.15) is 0 Å². The van der Waals surface area contributed by atoms with Crippen molar-refractivity contribution < 1.29 is 4.79 Å². The van der Waals surface area contributed by atoms with Crippen molar-refractivity contribution in [1.29, 1.82) is 0 Å². The number of nitrogens with zero attached hydrogens (tertiary/aromatic N) is 2. The number of carbonyl (C=O) groups excluding carboxylic acids is 1. The van der Waals surface area contributed by atoms with Gasteiger partial charge in [0.05, 0.1) is 17.2 Å². The molecule has 1 heterocycles. The van der Waals surface area contributed by atoms with Gasteiger partial charge in [-0.05, 0) is 30.4 Å². The van der Waals surface area contributed by atoms with Gasteiger partial charge in [0, 0.05) is 6.04 Å². The van der Waals surface area contributed by atoms with Gasteiger partial charge in [-0.15, -0.1) is 0 Å². The molecule has 0 saturated heterocycles. The summed E-state index contributed by atoms with van der Waals surface area (Å²) >= 11 is 0. The Balaban J connectivity index is 1.73. The van der Waals surface area contributed by atoms with Crippen LogP contribution in [0.2, 0.25) is 0 Å². The molecule has 122 valence electrons. The number of rotatable bonds is 3. The predicted octanol–water partition coefficient (Wildman–Crippen LogP) is 2.34. The van der Waals surface area contributed by atoms with E-state index in [4.69, 9.17) is 0 Å². The molecule has 1 N–H and O–H groups in total. The first-order chi connectivity index (χ1) is 11.1. The minimum absolute atomic E-state index is 0.0221. The molecule has 23 heavy (non-hydrogen) atoms. The Kier molecular flexibility index (Phi) is 4.46. The van der Waals surface area contributed by atoms with Gasteiger partial charge < -0.3 is 5.32 Å². The maximum atomic E-state index is 12.4. The summed E-state index contributed by atoms with van der Waals surface area (Å²) in [4.78, 5) is 29.0. The fourth-order valence-corrected chi connectivity index (χ4v) is 3.41. The van der Waals surface area contributed by atoms with Crippen LogP contribution in [0.3, 0.4) is 0 Å². The molecule has 0 unspecified atom stereocenters. The first-order valence-electron chi connectivity index (χ1n) is 8.30. The molecular formula is C18H23N3O2. The number of hydrogen-bond donors (Lipinski definition) is 1. The van der Waals surface area contributed by atoms with Crippen LogP contribution >= 0.6 is 0 Å². The van der Waals surface area contributed by atoms with E-state index in [0.29, 0.717) is 22.7 Å². The molecule has 0 radical (unpaired) electrons. The fraction of sp³-hybridized carbons (Fsp3) is 0.500. The molecule has 1 aliphatic carbocycles. The van der Waals surface area contributed by atoms with Crippen molar-refractivity contribution in [3.8, 4) is 0 Å². The number of benzene rings is 1. The molecule has 5 nitrogen and oxygen atoms in total. The van der Waals surface area contributed by atoms with Crippen LogP contribution in [-0.2, 0) is 11.3 Å². The van der Waals surface area contributed by atoms with Crippen molar-refractivity contribution in [2.24, 2.45) is 11.8 Å². The van der Waals surface area contributed by atoms with Crippen LogP contribution < -0.4 is 10.9 Å². The Hall–Kier alpha value is -2.17. The molecule has 0 spiro atoms. The lowest BCUT2D eigenvalue weighted by molar-refractivity contribution is -0.123. The maximum Gasteiger partial charge on any atom is 0.261 e. The smallest absolute Gasteiger partial charge is 0.261 e. The van der Waals surface area contributed by atoms with Crippen LogP contribution in [0.15, 0.2) is 35.4 Å². The van der Waals surface area contributed by atoms with E-state index in [1.54, 1.807) is 18.2 Å². The van der Waals surface area contributed by atoms with Crippen LogP contribution in [0, 0.1) is 11.8 Å². The first-order valence-corrected chi connectivity index (χ1v) is 8.30. The Bertz CT molecular complexity index is 768. The highest BCUT2D eigenvalue weighted by atomic mass is 16.2. The zero-order chi connectivity index (χ0) is 16.4. The van der Waals surface area contributed by atoms with E-state index in [9.17, 15) is 9.59 Å². The molecular weight excluding hydrogens is 290 g/mol. The van der Waals surface area contributed by atoms with E-state index in [1.807, 2.05) is 6.07 Å². The standard InChI is InChI=1S/C18H23N3O2/c1-12-6-5-9-15(13(12)2)20-17(22)10-21-11-19-16-8-4-3-7-14(16)18(21)23/h3-4,7-8,11-13,15H,5-6,9-10H2,1-2H3,(H,20,22)/t12-,13+,15+/m0/s1. The number of hydrogen-bond acceptors (Lipinski definition) is 3. The molecule has 1 fully saturated rings. The molecule has 3 rings (SSSR count). The molecule has 1 aromatic carbocycles. The van der Waals surface area contributed by atoms with Crippen molar-refractivity contribution in [3.05, 3.63) is 40.9 Å². The van der Waals surface area contributed by atoms with Crippen LogP contribution in [0.4, 0.5) is 0 Å². The maximum absolute atomic E-state index is 12.4. The van der Waals surface area contributed by atoms with Gasteiger partial charge in [-0.25, -0.2) is 4.98 Å². The number of fused-ring (bicyclic) bond motifs is 1. The zero-order valence-electron chi connectivity index (χ0n) is 13.7. The van der Waals surface area contributed by atoms with Crippen molar-refractivity contribution in [3.63, 3.8) is 0 Å². The Morgan fingerprint density at radius 3 is 2.91 bits per heavy atom. The van der Waals surface area contributed by atoms with E-state index in [2.05, 4.69) is 24.1 Å². The monoisotopic (exact) mass is 313 g/mol. The summed E-state index contributed by atoms with van der Waals surface area (Å²) < 4.78 is 1.38. The molecule has 1 aliphatic rings. The number of amides is 1. The number of carbonyl (C=O) groups is 1. The van der Waals surface area contributed by atoms with Crippen molar-refractivity contribution in [2.75, 3.05) is 0 Å². The van der Waals surface area contributed by atoms with E-state index in [-0.39, 0.29) is 24.1 Å². The minimum Gasteiger partial charge on any atom is -0.352 e. The molecule has 1 aromatic heterocycles. The lowest BCUT2D eigenvalue weighted by atomic mass is 9.78. The quantitative estimate of drug-likeness (QED) is 0.946. The third-order valence-corrected chi connectivity index (χ3v) is 5.10. The van der Waals surface area contributed by atoms with Gasteiger partial charge in [0.2, 0.25) is 5.91 Å². The van der Waals surface area contributed by atoms with E-state index in [1.165, 1.54) is 17.3 Å². The normalized spacial score (nSPS) is 24.5. The molecule has 0 aliphatic heterocycles. The summed E-state index contributed by atoms with van der Waals surface area (Å²) in [5.41, 5.74) is 0.486. The Labute approximate surface area is 135 Å². The van der Waals surface area contributed by atoms with E-state index >= 15 is 0 Å². The summed E-state index contributed by atoms with van der Waals surface area (Å²) in [6, 6.07) is 7.39. The summed E-state index contributed by atoms with van der Waals surface area (Å²) in [5, 5.41) is 3.64. The highest BCUT2D eigenvalue weighted by molar-refractivity contribution is 5.79. The SMILES string of the molecule is C[C@@H]1[C@@H](C)CCC[C@H]1NC(=O)Cn1cnc2ccccc2c1=O. The molecule has 1 amide bonds. The number of aromatic nitrogens is 2. The van der Waals surface area contributed by atoms with Crippen molar-refractivity contribution >= 4 is 16.8 Å². The van der Waals surface area contributed by atoms with Gasteiger partial charge in [0.15, 0.2) is 0 Å². The van der Waals surface area contributed by atoms with Gasteiger partial charge in [-0.3, -0.25) is 14.2 Å². The predicted molar refractivity (Wildman–Crippen MR) is 90.1 cm³/mol. The van der Waals surface area contributed by atoms with Gasteiger partial charge >= 0.3 is 0 Å². The third-order valence-electron chi connectivity index (χ3n) is 5.10. The summed E-state index contributed by atoms with van der Waals surface area (Å²) in [7, 11) is 0. The van der Waals surface area contributed by atoms with Gasteiger partial charge in [0.1, 0.15) is 6.54 Å². The van der Waals surface area contributed by atoms with E-state index < -0.39 is 0 Å². The lowest BCUT2D eigenvalue weighted by Crippen LogP contribution is -2.45. The summed E-state index contributed by atoms with van der Waals surface area (Å²) in [6.07, 6.45) is 4.84. The Morgan fingerprint density at radius 1 is 1.30 bits per heavy atom. The second-order valence-electron chi connectivity index (χ2n) is 6.64. The topological polar surface area (TPSA) is 64.0 Å². The Morgan fingerprint density at radius 2 is 2.09 bits per heavy atom. The summed E-state index contributed by atoms with van der Waals surface area (Å²) in [6.45, 7) is 4.45. The van der Waals surface area contributed by atoms with Crippen LogP contribution in [0.25, 0.3) is 10.9 Å². The molecule has 2 aromatic rings. The fourth-order valence-electron chi connectivity index (χ4n) is 3.41. The van der Waals surface area contributed by atoms with Crippen LogP contribution in [0.5, 0.6) is 0 Å². The first kappa shape index (κ1) is 15.7. The largest absolute Gasteiger partial charge is 0.352 e.